The maximum Gasteiger partial charge on any atom is 0.405 e. The number of hydrogen-bond acceptors (Lipinski definition) is 4. The number of amides is 2. The summed E-state index contributed by atoms with van der Waals surface area (Å²) in [5, 5.41) is 14.4. The summed E-state index contributed by atoms with van der Waals surface area (Å²) in [6.45, 7) is 0.569. The van der Waals surface area contributed by atoms with Gasteiger partial charge in [0.2, 0.25) is 5.91 Å². The second kappa shape index (κ2) is 5.85. The summed E-state index contributed by atoms with van der Waals surface area (Å²) in [7, 11) is -3.32. The quantitative estimate of drug-likeness (QED) is 0.638. The topological polar surface area (TPSA) is 113 Å². The number of carbonyl (C=O) groups is 2. The molecule has 1 saturated heterocycles. The van der Waals surface area contributed by atoms with Crippen LogP contribution < -0.4 is 10.6 Å². The van der Waals surface area contributed by atoms with Crippen LogP contribution in [0.15, 0.2) is 11.5 Å². The zero-order chi connectivity index (χ0) is 13.8. The van der Waals surface area contributed by atoms with E-state index in [1.807, 2.05) is 0 Å². The van der Waals surface area contributed by atoms with Gasteiger partial charge in [0, 0.05) is 24.1 Å². The van der Waals surface area contributed by atoms with Crippen molar-refractivity contribution in [1.82, 2.24) is 10.6 Å². The average Bonchev–Trinajstić information content (AvgIpc) is 2.59. The molecule has 1 heterocycles. The molecule has 0 aromatic carbocycles. The van der Waals surface area contributed by atoms with Gasteiger partial charge in [0.05, 0.1) is 6.04 Å². The number of nitrogens with one attached hydrogen (secondary N) is 2. The van der Waals surface area contributed by atoms with Crippen LogP contribution in [0.3, 0.4) is 0 Å². The van der Waals surface area contributed by atoms with Gasteiger partial charge in [-0.15, -0.1) is 0 Å². The van der Waals surface area contributed by atoms with Gasteiger partial charge in [-0.3, -0.25) is 4.79 Å². The Kier molecular flexibility index (Phi) is 4.71. The van der Waals surface area contributed by atoms with Crippen molar-refractivity contribution in [3.05, 3.63) is 11.5 Å². The van der Waals surface area contributed by atoms with Gasteiger partial charge >= 0.3 is 6.09 Å². The second-order valence-electron chi connectivity index (χ2n) is 4.23. The lowest BCUT2D eigenvalue weighted by atomic mass is 9.98. The molecule has 1 rings (SSSR count). The van der Waals surface area contributed by atoms with Gasteiger partial charge in [0.25, 0.3) is 0 Å². The summed E-state index contributed by atoms with van der Waals surface area (Å²) in [6, 6.07) is -0.689. The molecule has 0 spiro atoms. The molecular weight excluding hydrogens is 260 g/mol. The number of rotatable bonds is 5. The van der Waals surface area contributed by atoms with Crippen LogP contribution in [0.5, 0.6) is 0 Å². The molecule has 2 atom stereocenters. The number of hydrogen-bond donors (Lipinski definition) is 3. The fourth-order valence-electron chi connectivity index (χ4n) is 1.76. The average molecular weight is 276 g/mol. The molecule has 0 aliphatic carbocycles. The summed E-state index contributed by atoms with van der Waals surface area (Å²) in [6.07, 6.45) is 1.91. The highest BCUT2D eigenvalue weighted by Crippen LogP contribution is 2.16. The van der Waals surface area contributed by atoms with Gasteiger partial charge < -0.3 is 15.7 Å². The van der Waals surface area contributed by atoms with Crippen molar-refractivity contribution < 1.29 is 23.1 Å². The van der Waals surface area contributed by atoms with Crippen LogP contribution in [-0.4, -0.2) is 44.4 Å². The summed E-state index contributed by atoms with van der Waals surface area (Å²) in [5.74, 6) is -0.411. The molecule has 0 saturated carbocycles. The van der Waals surface area contributed by atoms with Crippen molar-refractivity contribution >= 4 is 21.8 Å². The number of carbonyl (C=O) groups excluding carboxylic acids is 1. The molecule has 0 aromatic rings. The van der Waals surface area contributed by atoms with Gasteiger partial charge in [0.1, 0.15) is 0 Å². The van der Waals surface area contributed by atoms with Crippen LogP contribution >= 0.6 is 0 Å². The summed E-state index contributed by atoms with van der Waals surface area (Å²) in [5.41, 5.74) is 0. The van der Waals surface area contributed by atoms with E-state index in [2.05, 4.69) is 10.6 Å². The normalized spacial score (nSPS) is 21.8. The molecule has 1 aliphatic heterocycles. The first-order valence-electron chi connectivity index (χ1n) is 5.43. The van der Waals surface area contributed by atoms with Crippen molar-refractivity contribution in [3.63, 3.8) is 0 Å². The fourth-order valence-corrected chi connectivity index (χ4v) is 2.23. The van der Waals surface area contributed by atoms with Gasteiger partial charge in [-0.25, -0.2) is 13.2 Å². The van der Waals surface area contributed by atoms with E-state index in [1.165, 1.54) is 6.08 Å². The molecule has 0 radical (unpaired) electrons. The van der Waals surface area contributed by atoms with E-state index in [-0.39, 0.29) is 18.2 Å². The van der Waals surface area contributed by atoms with Gasteiger partial charge in [0.15, 0.2) is 9.84 Å². The van der Waals surface area contributed by atoms with Gasteiger partial charge in [-0.2, -0.15) is 0 Å². The first kappa shape index (κ1) is 14.5. The van der Waals surface area contributed by atoms with E-state index in [0.717, 1.165) is 11.7 Å². The van der Waals surface area contributed by atoms with Crippen molar-refractivity contribution in [3.8, 4) is 0 Å². The van der Waals surface area contributed by atoms with Crippen molar-refractivity contribution in [1.29, 1.82) is 0 Å². The van der Waals surface area contributed by atoms with Crippen LogP contribution in [0, 0.1) is 5.92 Å². The minimum atomic E-state index is -3.32. The van der Waals surface area contributed by atoms with Crippen molar-refractivity contribution in [2.24, 2.45) is 5.92 Å². The third-order valence-corrected chi connectivity index (χ3v) is 3.22. The van der Waals surface area contributed by atoms with E-state index in [4.69, 9.17) is 5.11 Å². The minimum Gasteiger partial charge on any atom is -0.465 e. The molecule has 1 aliphatic rings. The van der Waals surface area contributed by atoms with E-state index >= 15 is 0 Å². The molecule has 102 valence electrons. The monoisotopic (exact) mass is 276 g/mol. The van der Waals surface area contributed by atoms with E-state index in [0.29, 0.717) is 13.0 Å². The van der Waals surface area contributed by atoms with Gasteiger partial charge in [-0.1, -0.05) is 6.08 Å². The lowest BCUT2D eigenvalue weighted by Gasteiger charge is -2.15. The predicted molar refractivity (Wildman–Crippen MR) is 64.7 cm³/mol. The molecule has 0 bridgehead atoms. The Hall–Kier alpha value is -1.57. The molecule has 2 amide bonds. The largest absolute Gasteiger partial charge is 0.465 e. The van der Waals surface area contributed by atoms with Crippen LogP contribution in [0.2, 0.25) is 0 Å². The molecule has 3 N–H and O–H groups in total. The second-order valence-corrected chi connectivity index (χ2v) is 6.16. The summed E-state index contributed by atoms with van der Waals surface area (Å²) < 4.78 is 22.0. The van der Waals surface area contributed by atoms with E-state index in [1.54, 1.807) is 0 Å². The smallest absolute Gasteiger partial charge is 0.405 e. The molecular formula is C10H16N2O5S. The molecule has 18 heavy (non-hydrogen) atoms. The first-order chi connectivity index (χ1) is 8.28. The highest BCUT2D eigenvalue weighted by atomic mass is 32.2. The number of carboxylic acid groups (broad SMARTS) is 1. The Labute approximate surface area is 105 Å². The maximum absolute atomic E-state index is 11.4. The zero-order valence-corrected chi connectivity index (χ0v) is 10.7. The summed E-state index contributed by atoms with van der Waals surface area (Å²) >= 11 is 0. The number of sulfone groups is 1. The minimum absolute atomic E-state index is 0.125. The Balaban J connectivity index is 2.69. The molecule has 0 unspecified atom stereocenters. The standard InChI is InChI=1S/C10H16N2O5S/c1-18(16,17)5-3-8(12-10(14)15)6-7-2-4-11-9(7)13/h3,5,7-8,12H,2,4,6H2,1H3,(H,11,13)(H,14,15)/b5-3+/t7-,8+/m0/s1. The van der Waals surface area contributed by atoms with E-state index < -0.39 is 22.0 Å². The SMILES string of the molecule is CS(=O)(=O)/C=C/[C@H](C[C@@H]1CCNC1=O)NC(=O)O. The molecule has 0 aromatic heterocycles. The van der Waals surface area contributed by atoms with Crippen molar-refractivity contribution in [2.45, 2.75) is 18.9 Å². The zero-order valence-electron chi connectivity index (χ0n) is 9.92. The van der Waals surface area contributed by atoms with Gasteiger partial charge in [-0.05, 0) is 12.8 Å². The molecule has 7 nitrogen and oxygen atoms in total. The predicted octanol–water partition coefficient (Wildman–Crippen LogP) is -0.293. The summed E-state index contributed by atoms with van der Waals surface area (Å²) in [4.78, 5) is 22.0. The highest BCUT2D eigenvalue weighted by Gasteiger charge is 2.27. The molecule has 8 heteroatoms. The lowest BCUT2D eigenvalue weighted by molar-refractivity contribution is -0.122. The van der Waals surface area contributed by atoms with Crippen molar-refractivity contribution in [2.75, 3.05) is 12.8 Å². The maximum atomic E-state index is 11.4. The Morgan fingerprint density at radius 1 is 1.67 bits per heavy atom. The highest BCUT2D eigenvalue weighted by molar-refractivity contribution is 7.93. The first-order valence-corrected chi connectivity index (χ1v) is 7.39. The van der Waals surface area contributed by atoms with Crippen LogP contribution in [0.4, 0.5) is 4.79 Å². The fraction of sp³-hybridized carbons (Fsp3) is 0.600. The Bertz CT molecular complexity index is 457. The third-order valence-electron chi connectivity index (χ3n) is 2.57. The van der Waals surface area contributed by atoms with Crippen LogP contribution in [0.1, 0.15) is 12.8 Å². The lowest BCUT2D eigenvalue weighted by Crippen LogP contribution is -2.35. The Morgan fingerprint density at radius 2 is 2.33 bits per heavy atom. The molecule has 1 fully saturated rings. The van der Waals surface area contributed by atoms with E-state index in [9.17, 15) is 18.0 Å². The third kappa shape index (κ3) is 5.17. The Morgan fingerprint density at radius 3 is 2.78 bits per heavy atom. The van der Waals surface area contributed by atoms with Crippen LogP contribution in [-0.2, 0) is 14.6 Å². The van der Waals surface area contributed by atoms with Crippen LogP contribution in [0.25, 0.3) is 0 Å².